The minimum absolute atomic E-state index is 0.109. The highest BCUT2D eigenvalue weighted by Crippen LogP contribution is 2.04. The molecule has 1 fully saturated rings. The monoisotopic (exact) mass is 458 g/mol. The van der Waals surface area contributed by atoms with Crippen LogP contribution in [-0.4, -0.2) is 78.9 Å². The van der Waals surface area contributed by atoms with E-state index in [9.17, 15) is 28.8 Å². The Hall–Kier alpha value is -3.22. The molecule has 32 heavy (non-hydrogen) atoms. The van der Waals surface area contributed by atoms with E-state index in [-0.39, 0.29) is 31.3 Å². The molecular formula is C19H34N6O7. The number of amides is 5. The maximum atomic E-state index is 12.2. The van der Waals surface area contributed by atoms with Crippen LogP contribution in [0, 0.1) is 0 Å². The number of carboxylic acid groups (broad SMARTS) is 1. The highest BCUT2D eigenvalue weighted by atomic mass is 16.4. The molecule has 0 aromatic heterocycles. The molecule has 0 saturated carbocycles. The molecule has 1 aliphatic rings. The van der Waals surface area contributed by atoms with Crippen LogP contribution in [0.1, 0.15) is 46.0 Å². The lowest BCUT2D eigenvalue weighted by atomic mass is 10.1. The van der Waals surface area contributed by atoms with Crippen LogP contribution in [0.15, 0.2) is 0 Å². The van der Waals surface area contributed by atoms with Crippen LogP contribution in [0.3, 0.4) is 0 Å². The van der Waals surface area contributed by atoms with Crippen LogP contribution in [-0.2, 0) is 28.8 Å². The summed E-state index contributed by atoms with van der Waals surface area (Å²) >= 11 is 0. The standard InChI is InChI=1S/C16H26N6O7.C3H8/c17-11(23)4-3-10(16(29)20-6-12(24)19-8-14(26)27)22-13(25)7-21-15(28)9-2-1-5-18-9;1-3-2/h9-10,18H,1-8H2,(H2,17,23)(H,19,24)(H,20,29)(H,21,28)(H,22,25)(H,26,27);3H2,1-2H3/t9?,10-;/m0./s1. The predicted molar refractivity (Wildman–Crippen MR) is 114 cm³/mol. The summed E-state index contributed by atoms with van der Waals surface area (Å²) in [6, 6.07) is -1.52. The van der Waals surface area contributed by atoms with Gasteiger partial charge in [-0.3, -0.25) is 28.8 Å². The number of nitrogens with two attached hydrogens (primary N) is 1. The number of hydrogen-bond donors (Lipinski definition) is 7. The van der Waals surface area contributed by atoms with E-state index in [1.165, 1.54) is 6.42 Å². The van der Waals surface area contributed by atoms with E-state index in [1.54, 1.807) is 0 Å². The van der Waals surface area contributed by atoms with E-state index in [4.69, 9.17) is 10.8 Å². The van der Waals surface area contributed by atoms with E-state index in [0.717, 1.165) is 13.0 Å². The lowest BCUT2D eigenvalue weighted by Gasteiger charge is -2.18. The first-order valence-electron chi connectivity index (χ1n) is 10.5. The minimum Gasteiger partial charge on any atom is -0.480 e. The zero-order valence-corrected chi connectivity index (χ0v) is 18.5. The first-order valence-corrected chi connectivity index (χ1v) is 10.5. The Bertz CT molecular complexity index is 665. The Morgan fingerprint density at radius 3 is 2.16 bits per heavy atom. The van der Waals surface area contributed by atoms with Crippen molar-refractivity contribution >= 4 is 35.5 Å². The largest absolute Gasteiger partial charge is 0.480 e. The van der Waals surface area contributed by atoms with Crippen molar-refractivity contribution in [2.75, 3.05) is 26.2 Å². The third-order valence-corrected chi connectivity index (χ3v) is 3.99. The predicted octanol–water partition coefficient (Wildman–Crippen LogP) is -2.66. The van der Waals surface area contributed by atoms with E-state index < -0.39 is 48.7 Å². The molecule has 13 heteroatoms. The molecule has 5 amide bonds. The van der Waals surface area contributed by atoms with E-state index in [2.05, 4.69) is 40.4 Å². The zero-order chi connectivity index (χ0) is 24.5. The van der Waals surface area contributed by atoms with Crippen LogP contribution in [0.4, 0.5) is 0 Å². The van der Waals surface area contributed by atoms with Gasteiger partial charge in [-0.15, -0.1) is 0 Å². The smallest absolute Gasteiger partial charge is 0.322 e. The van der Waals surface area contributed by atoms with Gasteiger partial charge in [0.15, 0.2) is 0 Å². The van der Waals surface area contributed by atoms with Crippen molar-refractivity contribution in [1.29, 1.82) is 0 Å². The molecule has 0 bridgehead atoms. The summed E-state index contributed by atoms with van der Waals surface area (Å²) < 4.78 is 0. The Morgan fingerprint density at radius 2 is 1.62 bits per heavy atom. The van der Waals surface area contributed by atoms with Crippen LogP contribution in [0.2, 0.25) is 0 Å². The molecule has 0 spiro atoms. The molecule has 1 rings (SSSR count). The van der Waals surface area contributed by atoms with Crippen LogP contribution in [0.25, 0.3) is 0 Å². The second-order valence-corrected chi connectivity index (χ2v) is 7.09. The summed E-state index contributed by atoms with van der Waals surface area (Å²) in [7, 11) is 0. The van der Waals surface area contributed by atoms with Gasteiger partial charge in [-0.2, -0.15) is 0 Å². The average Bonchev–Trinajstić information content (AvgIpc) is 3.27. The molecule has 0 aromatic carbocycles. The number of hydrogen-bond acceptors (Lipinski definition) is 7. The maximum Gasteiger partial charge on any atom is 0.322 e. The van der Waals surface area contributed by atoms with Gasteiger partial charge in [-0.05, 0) is 25.8 Å². The van der Waals surface area contributed by atoms with Gasteiger partial charge in [0.2, 0.25) is 29.5 Å². The van der Waals surface area contributed by atoms with Gasteiger partial charge in [0.25, 0.3) is 0 Å². The van der Waals surface area contributed by atoms with Crippen molar-refractivity contribution in [3.8, 4) is 0 Å². The van der Waals surface area contributed by atoms with Gasteiger partial charge in [0.05, 0.1) is 19.1 Å². The van der Waals surface area contributed by atoms with Gasteiger partial charge in [0.1, 0.15) is 12.6 Å². The molecule has 1 aliphatic heterocycles. The fraction of sp³-hybridized carbons (Fsp3) is 0.684. The van der Waals surface area contributed by atoms with Crippen molar-refractivity contribution in [1.82, 2.24) is 26.6 Å². The summed E-state index contributed by atoms with van der Waals surface area (Å²) in [6.07, 6.45) is 2.48. The topological polar surface area (TPSA) is 209 Å². The van der Waals surface area contributed by atoms with Crippen LogP contribution in [0.5, 0.6) is 0 Å². The summed E-state index contributed by atoms with van der Waals surface area (Å²) in [5.74, 6) is -4.41. The molecule has 0 radical (unpaired) electrons. The number of carbonyl (C=O) groups is 6. The zero-order valence-electron chi connectivity index (χ0n) is 18.5. The Balaban J connectivity index is 0.00000302. The first-order chi connectivity index (χ1) is 15.1. The Morgan fingerprint density at radius 1 is 1.00 bits per heavy atom. The molecule has 0 aliphatic carbocycles. The lowest BCUT2D eigenvalue weighted by Crippen LogP contribution is -2.52. The summed E-state index contributed by atoms with van der Waals surface area (Å²) in [5, 5.41) is 20.6. The quantitative estimate of drug-likeness (QED) is 0.164. The Labute approximate surface area is 186 Å². The highest BCUT2D eigenvalue weighted by Gasteiger charge is 2.24. The average molecular weight is 459 g/mol. The van der Waals surface area contributed by atoms with Gasteiger partial charge < -0.3 is 37.4 Å². The van der Waals surface area contributed by atoms with Crippen molar-refractivity contribution in [3.63, 3.8) is 0 Å². The lowest BCUT2D eigenvalue weighted by molar-refractivity contribution is -0.138. The second kappa shape index (κ2) is 16.5. The van der Waals surface area contributed by atoms with Crippen molar-refractivity contribution < 1.29 is 33.9 Å². The third kappa shape index (κ3) is 13.9. The molecular weight excluding hydrogens is 424 g/mol. The summed E-state index contributed by atoms with van der Waals surface area (Å²) in [5.41, 5.74) is 5.06. The van der Waals surface area contributed by atoms with Gasteiger partial charge >= 0.3 is 5.97 Å². The summed E-state index contributed by atoms with van der Waals surface area (Å²) in [6.45, 7) is 3.49. The van der Waals surface area contributed by atoms with Crippen molar-refractivity contribution in [2.45, 2.75) is 58.0 Å². The number of carbonyl (C=O) groups excluding carboxylic acids is 5. The molecule has 1 heterocycles. The number of nitrogens with one attached hydrogen (secondary N) is 5. The van der Waals surface area contributed by atoms with E-state index >= 15 is 0 Å². The number of primary amides is 1. The number of aliphatic carboxylic acids is 1. The van der Waals surface area contributed by atoms with E-state index in [0.29, 0.717) is 6.42 Å². The first kappa shape index (κ1) is 28.8. The van der Waals surface area contributed by atoms with E-state index in [1.807, 2.05) is 0 Å². The second-order valence-electron chi connectivity index (χ2n) is 7.09. The number of carboxylic acids is 1. The minimum atomic E-state index is -1.24. The van der Waals surface area contributed by atoms with Gasteiger partial charge in [-0.25, -0.2) is 0 Å². The molecule has 2 atom stereocenters. The fourth-order valence-corrected chi connectivity index (χ4v) is 2.53. The summed E-state index contributed by atoms with van der Waals surface area (Å²) in [4.78, 5) is 69.0. The molecule has 182 valence electrons. The van der Waals surface area contributed by atoms with Crippen LogP contribution < -0.4 is 32.3 Å². The number of rotatable bonds is 12. The molecule has 1 unspecified atom stereocenters. The van der Waals surface area contributed by atoms with Gasteiger partial charge in [-0.1, -0.05) is 20.3 Å². The SMILES string of the molecule is CCC.NC(=O)CC[C@H](NC(=O)CNC(=O)C1CCCN1)C(=O)NCC(=O)NCC(=O)O. The fourth-order valence-electron chi connectivity index (χ4n) is 2.53. The van der Waals surface area contributed by atoms with Gasteiger partial charge in [0, 0.05) is 6.42 Å². The normalized spacial score (nSPS) is 15.4. The van der Waals surface area contributed by atoms with Crippen molar-refractivity contribution in [2.24, 2.45) is 5.73 Å². The highest BCUT2D eigenvalue weighted by molar-refractivity contribution is 5.93. The maximum absolute atomic E-state index is 12.2. The third-order valence-electron chi connectivity index (χ3n) is 3.99. The van der Waals surface area contributed by atoms with Crippen molar-refractivity contribution in [3.05, 3.63) is 0 Å². The molecule has 13 nitrogen and oxygen atoms in total. The molecule has 0 aromatic rings. The molecule has 8 N–H and O–H groups in total. The molecule has 1 saturated heterocycles. The Kier molecular flexibility index (Phi) is 14.8. The van der Waals surface area contributed by atoms with Crippen LogP contribution >= 0.6 is 0 Å².